The number of carbonyl (C=O) groups excluding carboxylic acids is 3. The molecule has 1 aromatic heterocycles. The van der Waals surface area contributed by atoms with Crippen LogP contribution in [0.2, 0.25) is 0 Å². The largest absolute Gasteiger partial charge is 0.444 e. The van der Waals surface area contributed by atoms with E-state index in [0.29, 0.717) is 18.5 Å². The fourth-order valence-corrected chi connectivity index (χ4v) is 5.36. The molecular formula is C29H37N5O6S. The number of nitrogens with one attached hydrogen (secondary N) is 3. The molecule has 0 unspecified atom stereocenters. The van der Waals surface area contributed by atoms with Crippen LogP contribution in [0, 0.1) is 0 Å². The lowest BCUT2D eigenvalue weighted by Gasteiger charge is -2.34. The van der Waals surface area contributed by atoms with Crippen LogP contribution < -0.4 is 15.8 Å². The zero-order chi connectivity index (χ0) is 30.2. The molecule has 12 heteroatoms. The van der Waals surface area contributed by atoms with Gasteiger partial charge in [0.05, 0.1) is 4.90 Å². The van der Waals surface area contributed by atoms with Crippen molar-refractivity contribution in [1.82, 2.24) is 20.5 Å². The molecule has 0 spiro atoms. The Hall–Kier alpha value is -3.90. The number of carbonyl (C=O) groups is 3. The third-order valence-corrected chi connectivity index (χ3v) is 7.82. The van der Waals surface area contributed by atoms with Crippen molar-refractivity contribution in [2.24, 2.45) is 5.14 Å². The van der Waals surface area contributed by atoms with E-state index in [2.05, 4.69) is 15.6 Å². The van der Waals surface area contributed by atoms with Crippen molar-refractivity contribution in [3.63, 3.8) is 0 Å². The number of sulfonamides is 1. The van der Waals surface area contributed by atoms with Crippen LogP contribution in [-0.4, -0.2) is 59.9 Å². The van der Waals surface area contributed by atoms with Crippen LogP contribution in [0.15, 0.2) is 53.6 Å². The number of alkyl carbamates (subject to hydrolysis) is 1. The molecule has 2 aromatic carbocycles. The summed E-state index contributed by atoms with van der Waals surface area (Å²) in [6, 6.07) is 11.4. The molecule has 1 aliphatic rings. The molecule has 41 heavy (non-hydrogen) atoms. The molecule has 220 valence electrons. The van der Waals surface area contributed by atoms with Gasteiger partial charge in [-0.3, -0.25) is 9.59 Å². The number of aromatic amines is 1. The van der Waals surface area contributed by atoms with Crippen LogP contribution in [-0.2, 0) is 43.7 Å². The van der Waals surface area contributed by atoms with Gasteiger partial charge in [0.15, 0.2) is 0 Å². The number of benzene rings is 2. The summed E-state index contributed by atoms with van der Waals surface area (Å²) in [4.78, 5) is 44.6. The topological polar surface area (TPSA) is 164 Å². The molecule has 0 radical (unpaired) electrons. The Balaban J connectivity index is 1.60. The molecule has 5 N–H and O–H groups in total. The summed E-state index contributed by atoms with van der Waals surface area (Å²) in [6.07, 6.45) is 1.77. The van der Waals surface area contributed by atoms with Gasteiger partial charge >= 0.3 is 6.09 Å². The van der Waals surface area contributed by atoms with Gasteiger partial charge < -0.3 is 25.3 Å². The highest BCUT2D eigenvalue weighted by Gasteiger charge is 2.36. The smallest absolute Gasteiger partial charge is 0.408 e. The second-order valence-corrected chi connectivity index (χ2v) is 13.4. The number of nitrogens with zero attached hydrogens (tertiary/aromatic N) is 1. The Labute approximate surface area is 239 Å². The molecule has 1 atom stereocenters. The third-order valence-electron chi connectivity index (χ3n) is 6.91. The number of hydrogen-bond donors (Lipinski definition) is 4. The summed E-state index contributed by atoms with van der Waals surface area (Å²) in [5.74, 6) is -0.890. The summed E-state index contributed by atoms with van der Waals surface area (Å²) in [6.45, 7) is 8.78. The zero-order valence-corrected chi connectivity index (χ0v) is 24.7. The first-order valence-corrected chi connectivity index (χ1v) is 14.9. The van der Waals surface area contributed by atoms with E-state index < -0.39 is 39.2 Å². The number of rotatable bonds is 7. The molecule has 2 heterocycles. The molecule has 0 saturated carbocycles. The number of nitrogens with two attached hydrogens (primary N) is 1. The maximum absolute atomic E-state index is 14.0. The van der Waals surface area contributed by atoms with Crippen LogP contribution in [0.4, 0.5) is 4.79 Å². The average Bonchev–Trinajstić information content (AvgIpc) is 3.28. The summed E-state index contributed by atoms with van der Waals surface area (Å²) >= 11 is 0. The lowest BCUT2D eigenvalue weighted by molar-refractivity contribution is -0.138. The monoisotopic (exact) mass is 583 g/mol. The van der Waals surface area contributed by atoms with Gasteiger partial charge in [-0.2, -0.15) is 0 Å². The van der Waals surface area contributed by atoms with Crippen molar-refractivity contribution in [2.75, 3.05) is 6.54 Å². The number of hydrogen-bond acceptors (Lipinski definition) is 6. The minimum absolute atomic E-state index is 0.0239. The van der Waals surface area contributed by atoms with E-state index in [1.54, 1.807) is 31.7 Å². The van der Waals surface area contributed by atoms with Gasteiger partial charge in [-0.1, -0.05) is 24.3 Å². The third kappa shape index (κ3) is 7.25. The Morgan fingerprint density at radius 2 is 1.78 bits per heavy atom. The van der Waals surface area contributed by atoms with E-state index in [0.717, 1.165) is 22.0 Å². The van der Waals surface area contributed by atoms with Crippen LogP contribution in [0.3, 0.4) is 0 Å². The highest BCUT2D eigenvalue weighted by atomic mass is 32.2. The van der Waals surface area contributed by atoms with Crippen LogP contribution in [0.5, 0.6) is 0 Å². The maximum Gasteiger partial charge on any atom is 0.408 e. The predicted molar refractivity (Wildman–Crippen MR) is 154 cm³/mol. The van der Waals surface area contributed by atoms with Crippen molar-refractivity contribution in [2.45, 2.75) is 76.1 Å². The van der Waals surface area contributed by atoms with E-state index in [1.807, 2.05) is 30.5 Å². The number of ether oxygens (including phenoxy) is 1. The average molecular weight is 584 g/mol. The second kappa shape index (κ2) is 11.2. The maximum atomic E-state index is 14.0. The molecule has 3 aromatic rings. The van der Waals surface area contributed by atoms with Crippen molar-refractivity contribution in [3.05, 3.63) is 65.4 Å². The number of para-hydroxylation sites is 1. The molecule has 1 aliphatic heterocycles. The van der Waals surface area contributed by atoms with Crippen molar-refractivity contribution >= 4 is 38.8 Å². The van der Waals surface area contributed by atoms with E-state index in [9.17, 15) is 22.8 Å². The summed E-state index contributed by atoms with van der Waals surface area (Å²) in [7, 11) is -3.91. The normalized spacial score (nSPS) is 14.7. The summed E-state index contributed by atoms with van der Waals surface area (Å²) in [5.41, 5.74) is 1.21. The number of H-pyrrole nitrogens is 1. The molecule has 0 fully saturated rings. The lowest BCUT2D eigenvalue weighted by atomic mass is 9.97. The Bertz CT molecular complexity index is 1590. The quantitative estimate of drug-likeness (QED) is 0.334. The zero-order valence-electron chi connectivity index (χ0n) is 23.9. The fraction of sp³-hybridized carbons (Fsp3) is 0.414. The first kappa shape index (κ1) is 30.1. The highest BCUT2D eigenvalue weighted by molar-refractivity contribution is 7.89. The van der Waals surface area contributed by atoms with Crippen LogP contribution >= 0.6 is 0 Å². The van der Waals surface area contributed by atoms with Gasteiger partial charge in [-0.05, 0) is 75.9 Å². The molecule has 0 aliphatic carbocycles. The van der Waals surface area contributed by atoms with E-state index >= 15 is 0 Å². The van der Waals surface area contributed by atoms with Gasteiger partial charge in [0.2, 0.25) is 21.8 Å². The molecule has 4 rings (SSSR count). The van der Waals surface area contributed by atoms with Gasteiger partial charge in [0.1, 0.15) is 17.2 Å². The van der Waals surface area contributed by atoms with Crippen LogP contribution in [0.1, 0.15) is 51.3 Å². The Kier molecular flexibility index (Phi) is 8.19. The first-order chi connectivity index (χ1) is 19.0. The van der Waals surface area contributed by atoms with Gasteiger partial charge in [-0.25, -0.2) is 18.4 Å². The lowest BCUT2D eigenvalue weighted by Crippen LogP contribution is -2.60. The minimum atomic E-state index is -3.91. The van der Waals surface area contributed by atoms with Crippen molar-refractivity contribution in [3.8, 4) is 0 Å². The first-order valence-electron chi connectivity index (χ1n) is 13.3. The van der Waals surface area contributed by atoms with E-state index in [1.165, 1.54) is 26.0 Å². The fourth-order valence-electron chi connectivity index (χ4n) is 4.79. The molecule has 0 saturated heterocycles. The Morgan fingerprint density at radius 3 is 2.46 bits per heavy atom. The number of aromatic nitrogens is 1. The van der Waals surface area contributed by atoms with Crippen LogP contribution in [0.25, 0.3) is 10.9 Å². The highest BCUT2D eigenvalue weighted by Crippen LogP contribution is 2.25. The Morgan fingerprint density at radius 1 is 1.07 bits per heavy atom. The van der Waals surface area contributed by atoms with E-state index in [4.69, 9.17) is 9.88 Å². The van der Waals surface area contributed by atoms with Gasteiger partial charge in [0, 0.05) is 36.6 Å². The van der Waals surface area contributed by atoms with Crippen molar-refractivity contribution in [1.29, 1.82) is 0 Å². The minimum Gasteiger partial charge on any atom is -0.444 e. The van der Waals surface area contributed by atoms with Gasteiger partial charge in [0.25, 0.3) is 0 Å². The number of amides is 3. The standard InChI is InChI=1S/C29H37N5O6S/c1-28(2,3)40-27(37)33-29(4,5)26(36)32-24(15-19-16-31-23-9-7-6-8-22(19)23)25(35)34-13-12-18-10-11-21(41(30,38)39)14-20(18)17-34/h6-11,14,16,24,31H,12-13,15,17H2,1-5H3,(H,32,36)(H,33,37)(H2,30,38,39)/t24-/m1/s1. The second-order valence-electron chi connectivity index (χ2n) is 11.8. The summed E-state index contributed by atoms with van der Waals surface area (Å²) in [5, 5.41) is 11.7. The van der Waals surface area contributed by atoms with E-state index in [-0.39, 0.29) is 23.8 Å². The molecule has 0 bridgehead atoms. The summed E-state index contributed by atoms with van der Waals surface area (Å²) < 4.78 is 29.1. The number of fused-ring (bicyclic) bond motifs is 2. The van der Waals surface area contributed by atoms with Gasteiger partial charge in [-0.15, -0.1) is 0 Å². The molecule has 3 amide bonds. The SMILES string of the molecule is CC(C)(C)OC(=O)NC(C)(C)C(=O)N[C@H](Cc1c[nH]c2ccccc12)C(=O)N1CCc2ccc(S(N)(=O)=O)cc2C1. The predicted octanol–water partition coefficient (Wildman–Crippen LogP) is 2.73. The molecule has 11 nitrogen and oxygen atoms in total. The number of primary sulfonamides is 1. The van der Waals surface area contributed by atoms with Crippen molar-refractivity contribution < 1.29 is 27.5 Å². The molecular weight excluding hydrogens is 546 g/mol.